The molecule has 2 heterocycles. The van der Waals surface area contributed by atoms with E-state index < -0.39 is 23.0 Å². The van der Waals surface area contributed by atoms with Gasteiger partial charge in [0.05, 0.1) is 11.4 Å². The van der Waals surface area contributed by atoms with Crippen LogP contribution >= 0.6 is 0 Å². The molecule has 168 valence electrons. The van der Waals surface area contributed by atoms with Crippen molar-refractivity contribution in [2.75, 3.05) is 25.4 Å². The quantitative estimate of drug-likeness (QED) is 0.536. The van der Waals surface area contributed by atoms with E-state index in [1.165, 1.54) is 12.3 Å². The normalized spacial score (nSPS) is 17.9. The highest BCUT2D eigenvalue weighted by molar-refractivity contribution is 7.89. The summed E-state index contributed by atoms with van der Waals surface area (Å²) in [6.45, 7) is 1.50. The summed E-state index contributed by atoms with van der Waals surface area (Å²) in [7, 11) is 0. The van der Waals surface area contributed by atoms with Crippen LogP contribution in [0, 0.1) is 17.6 Å². The summed E-state index contributed by atoms with van der Waals surface area (Å²) >= 11 is -1.40. The number of halogens is 2. The van der Waals surface area contributed by atoms with Crippen molar-refractivity contribution in [3.63, 3.8) is 0 Å². The molecule has 2 aromatic carbocycles. The van der Waals surface area contributed by atoms with Gasteiger partial charge in [0.25, 0.3) is 0 Å². The molecule has 0 aliphatic carbocycles. The summed E-state index contributed by atoms with van der Waals surface area (Å²) in [5.74, 6) is -1.15. The molecule has 1 aliphatic heterocycles. The van der Waals surface area contributed by atoms with Gasteiger partial charge in [-0.25, -0.2) is 13.8 Å². The fourth-order valence-electron chi connectivity index (χ4n) is 4.10. The summed E-state index contributed by atoms with van der Waals surface area (Å²) < 4.78 is 44.1. The molecule has 32 heavy (non-hydrogen) atoms. The van der Waals surface area contributed by atoms with E-state index in [9.17, 15) is 18.4 Å². The van der Waals surface area contributed by atoms with Crippen molar-refractivity contribution in [3.8, 4) is 22.3 Å². The Morgan fingerprint density at radius 3 is 2.62 bits per heavy atom. The maximum atomic E-state index is 15.0. The molecule has 2 unspecified atom stereocenters. The number of rotatable bonds is 6. The number of aliphatic hydroxyl groups is 1. The lowest BCUT2D eigenvalue weighted by molar-refractivity contribution is 0.203. The maximum Gasteiger partial charge on any atom is 0.181 e. The van der Waals surface area contributed by atoms with Gasteiger partial charge in [0.1, 0.15) is 5.82 Å². The molecule has 4 rings (SSSR count). The van der Waals surface area contributed by atoms with Crippen molar-refractivity contribution < 1.29 is 18.4 Å². The second-order valence-electron chi connectivity index (χ2n) is 7.94. The molecule has 1 saturated heterocycles. The molecule has 1 aliphatic rings. The highest BCUT2D eigenvalue weighted by Crippen LogP contribution is 2.34. The van der Waals surface area contributed by atoms with E-state index >= 15 is 0 Å². The number of aliphatic hydroxyl groups excluding tert-OH is 1. The lowest BCUT2D eigenvalue weighted by Gasteiger charge is -2.32. The van der Waals surface area contributed by atoms with Crippen LogP contribution < -0.4 is 5.73 Å². The number of benzene rings is 2. The predicted molar refractivity (Wildman–Crippen MR) is 122 cm³/mol. The van der Waals surface area contributed by atoms with Crippen LogP contribution in [0.5, 0.6) is 0 Å². The van der Waals surface area contributed by atoms with Gasteiger partial charge in [-0.1, -0.05) is 24.3 Å². The number of hydrogen-bond acceptors (Lipinski definition) is 5. The number of anilines is 1. The Bertz CT molecular complexity index is 1100. The van der Waals surface area contributed by atoms with Gasteiger partial charge in [0.2, 0.25) is 0 Å². The fourth-order valence-corrected chi connectivity index (χ4v) is 5.59. The number of nitrogen functional groups attached to an aromatic ring is 1. The predicted octanol–water partition coefficient (Wildman–Crippen LogP) is 4.39. The van der Waals surface area contributed by atoms with Gasteiger partial charge in [-0.15, -0.1) is 4.31 Å². The molecule has 0 radical (unpaired) electrons. The third-order valence-corrected chi connectivity index (χ3v) is 7.32. The van der Waals surface area contributed by atoms with Gasteiger partial charge in [-0.2, -0.15) is 0 Å². The SMILES string of the molecule is Nc1ncc(-c2ccc(-c3ccccc3[S+]([O-])N3CCCC(CCO)C3)cc2F)cc1F. The summed E-state index contributed by atoms with van der Waals surface area (Å²) in [6.07, 6.45) is 3.97. The van der Waals surface area contributed by atoms with Gasteiger partial charge >= 0.3 is 0 Å². The molecule has 5 nitrogen and oxygen atoms in total. The zero-order chi connectivity index (χ0) is 22.7. The van der Waals surface area contributed by atoms with Crippen molar-refractivity contribution in [2.45, 2.75) is 24.2 Å². The average molecular weight is 458 g/mol. The largest absolute Gasteiger partial charge is 0.593 e. The van der Waals surface area contributed by atoms with Gasteiger partial charge in [-0.05, 0) is 55.0 Å². The van der Waals surface area contributed by atoms with E-state index in [1.54, 1.807) is 18.2 Å². The molecule has 2 atom stereocenters. The Morgan fingerprint density at radius 1 is 1.09 bits per heavy atom. The van der Waals surface area contributed by atoms with Crippen LogP contribution in [0.15, 0.2) is 59.6 Å². The molecule has 0 saturated carbocycles. The van der Waals surface area contributed by atoms with Gasteiger partial charge in [-0.3, -0.25) is 0 Å². The minimum atomic E-state index is -1.40. The molecule has 0 spiro atoms. The Morgan fingerprint density at radius 2 is 1.88 bits per heavy atom. The van der Waals surface area contributed by atoms with Crippen molar-refractivity contribution in [2.24, 2.45) is 5.92 Å². The van der Waals surface area contributed by atoms with Crippen molar-refractivity contribution >= 4 is 17.2 Å². The van der Waals surface area contributed by atoms with Gasteiger partial charge in [0.15, 0.2) is 16.5 Å². The molecule has 3 N–H and O–H groups in total. The molecular weight excluding hydrogens is 432 g/mol. The first kappa shape index (κ1) is 22.7. The van der Waals surface area contributed by atoms with Crippen LogP contribution in [-0.4, -0.2) is 38.6 Å². The zero-order valence-corrected chi connectivity index (χ0v) is 18.3. The van der Waals surface area contributed by atoms with Crippen LogP contribution in [0.1, 0.15) is 19.3 Å². The number of nitrogens with two attached hydrogens (primary N) is 1. The topological polar surface area (TPSA) is 85.4 Å². The summed E-state index contributed by atoms with van der Waals surface area (Å²) in [6, 6.07) is 13.1. The van der Waals surface area contributed by atoms with E-state index in [2.05, 4.69) is 4.98 Å². The standard InChI is InChI=1S/C24H25F2N3O2S/c25-21-12-17(7-8-19(21)18-13-22(26)24(27)28-14-18)20-5-1-2-6-23(20)32(31)29-10-3-4-16(15-29)9-11-30/h1-2,5-8,12-14,16,30H,3-4,9-11,15H2,(H2,27,28). The average Bonchev–Trinajstić information content (AvgIpc) is 2.81. The third kappa shape index (κ3) is 4.78. The first-order valence-corrected chi connectivity index (χ1v) is 11.7. The van der Waals surface area contributed by atoms with E-state index in [0.29, 0.717) is 47.0 Å². The number of piperidine rings is 1. The zero-order valence-electron chi connectivity index (χ0n) is 17.5. The van der Waals surface area contributed by atoms with Gasteiger partial charge in [0, 0.05) is 42.6 Å². The molecule has 1 fully saturated rings. The highest BCUT2D eigenvalue weighted by Gasteiger charge is 2.31. The second kappa shape index (κ2) is 9.95. The van der Waals surface area contributed by atoms with Crippen molar-refractivity contribution in [1.82, 2.24) is 9.29 Å². The Balaban J connectivity index is 1.63. The Kier molecular flexibility index (Phi) is 7.05. The van der Waals surface area contributed by atoms with E-state index in [4.69, 9.17) is 5.73 Å². The molecule has 0 bridgehead atoms. The number of aromatic nitrogens is 1. The summed E-state index contributed by atoms with van der Waals surface area (Å²) in [5, 5.41) is 9.25. The highest BCUT2D eigenvalue weighted by atomic mass is 32.2. The Hall–Kier alpha value is -2.52. The molecule has 0 amide bonds. The van der Waals surface area contributed by atoms with E-state index in [0.717, 1.165) is 18.9 Å². The lowest BCUT2D eigenvalue weighted by atomic mass is 9.97. The van der Waals surface area contributed by atoms with Crippen LogP contribution in [0.25, 0.3) is 22.3 Å². The second-order valence-corrected chi connectivity index (χ2v) is 9.39. The smallest absolute Gasteiger partial charge is 0.181 e. The molecule has 1 aromatic heterocycles. The van der Waals surface area contributed by atoms with E-state index in [1.807, 2.05) is 22.5 Å². The van der Waals surface area contributed by atoms with Crippen LogP contribution in [0.4, 0.5) is 14.6 Å². The first-order valence-electron chi connectivity index (χ1n) is 10.6. The monoisotopic (exact) mass is 457 g/mol. The number of nitrogens with zero attached hydrogens (tertiary/aromatic N) is 2. The molecular formula is C24H25F2N3O2S. The number of hydrogen-bond donors (Lipinski definition) is 2. The maximum absolute atomic E-state index is 15.0. The van der Waals surface area contributed by atoms with Crippen LogP contribution in [-0.2, 0) is 11.4 Å². The Labute approximate surface area is 189 Å². The first-order chi connectivity index (χ1) is 15.5. The van der Waals surface area contributed by atoms with Crippen LogP contribution in [0.2, 0.25) is 0 Å². The van der Waals surface area contributed by atoms with Crippen molar-refractivity contribution in [1.29, 1.82) is 0 Å². The van der Waals surface area contributed by atoms with Gasteiger partial charge < -0.3 is 15.4 Å². The van der Waals surface area contributed by atoms with E-state index in [-0.39, 0.29) is 18.0 Å². The summed E-state index contributed by atoms with van der Waals surface area (Å²) in [5.41, 5.74) is 7.18. The minimum absolute atomic E-state index is 0.126. The van der Waals surface area contributed by atoms with Crippen LogP contribution in [0.3, 0.4) is 0 Å². The third-order valence-electron chi connectivity index (χ3n) is 5.79. The number of pyridine rings is 1. The van der Waals surface area contributed by atoms with Crippen molar-refractivity contribution in [3.05, 3.63) is 66.4 Å². The summed E-state index contributed by atoms with van der Waals surface area (Å²) in [4.78, 5) is 4.38. The molecule has 8 heteroatoms. The minimum Gasteiger partial charge on any atom is -0.593 e. The fraction of sp³-hybridized carbons (Fsp3) is 0.292. The lowest BCUT2D eigenvalue weighted by Crippen LogP contribution is -2.40. The molecule has 3 aromatic rings.